The van der Waals surface area contributed by atoms with E-state index in [1.54, 1.807) is 50.8 Å². The fraction of sp³-hybridized carbons (Fsp3) is 0.458. The molecule has 1 fully saturated rings. The van der Waals surface area contributed by atoms with E-state index in [0.29, 0.717) is 53.7 Å². The van der Waals surface area contributed by atoms with Crippen molar-refractivity contribution >= 4 is 35.0 Å². The second-order valence-corrected chi connectivity index (χ2v) is 10.0. The van der Waals surface area contributed by atoms with Crippen LogP contribution in [0.3, 0.4) is 0 Å². The maximum atomic E-state index is 12.9. The van der Waals surface area contributed by atoms with Gasteiger partial charge in [0.15, 0.2) is 0 Å². The van der Waals surface area contributed by atoms with E-state index in [4.69, 9.17) is 17.3 Å². The molecule has 2 aromatic rings. The minimum atomic E-state index is -0.626. The molecule has 0 aliphatic carbocycles. The molecule has 0 atom stereocenters. The number of likely N-dealkylation sites (tertiary alicyclic amines) is 1. The summed E-state index contributed by atoms with van der Waals surface area (Å²) in [7, 11) is 0. The summed E-state index contributed by atoms with van der Waals surface area (Å²) in [5.74, 6) is -0.619. The lowest BCUT2D eigenvalue weighted by Crippen LogP contribution is -2.44. The topological polar surface area (TPSA) is 127 Å². The van der Waals surface area contributed by atoms with Crippen LogP contribution in [0.4, 0.5) is 5.69 Å². The fourth-order valence-corrected chi connectivity index (χ4v) is 3.93. The Labute approximate surface area is 203 Å². The Morgan fingerprint density at radius 1 is 1.18 bits per heavy atom. The summed E-state index contributed by atoms with van der Waals surface area (Å²) in [5.41, 5.74) is 5.71. The number of benzene rings is 1. The zero-order valence-corrected chi connectivity index (χ0v) is 20.6. The maximum absolute atomic E-state index is 12.9. The summed E-state index contributed by atoms with van der Waals surface area (Å²) in [6, 6.07) is 6.31. The van der Waals surface area contributed by atoms with Crippen LogP contribution in [-0.4, -0.2) is 45.3 Å². The smallest absolute Gasteiger partial charge is 0.254 e. The van der Waals surface area contributed by atoms with Crippen LogP contribution >= 0.6 is 11.6 Å². The minimum Gasteiger partial charge on any atom is -0.369 e. The number of aromatic nitrogens is 2. The Kier molecular flexibility index (Phi) is 7.45. The third-order valence-electron chi connectivity index (χ3n) is 5.93. The van der Waals surface area contributed by atoms with Crippen molar-refractivity contribution in [1.82, 2.24) is 14.5 Å². The van der Waals surface area contributed by atoms with E-state index in [1.807, 2.05) is 0 Å². The van der Waals surface area contributed by atoms with Crippen LogP contribution in [0.25, 0.3) is 11.3 Å². The van der Waals surface area contributed by atoms with Crippen molar-refractivity contribution < 1.29 is 14.4 Å². The lowest BCUT2D eigenvalue weighted by molar-refractivity contribution is -0.135. The van der Waals surface area contributed by atoms with Crippen LogP contribution in [-0.2, 0) is 20.9 Å². The first kappa shape index (κ1) is 25.4. The first-order valence-electron chi connectivity index (χ1n) is 11.1. The number of carbonyl (C=O) groups excluding carboxylic acids is 3. The number of rotatable bonds is 5. The average molecular weight is 488 g/mol. The van der Waals surface area contributed by atoms with Crippen LogP contribution in [0.15, 0.2) is 29.1 Å². The van der Waals surface area contributed by atoms with E-state index in [-0.39, 0.29) is 35.7 Å². The van der Waals surface area contributed by atoms with Crippen molar-refractivity contribution in [2.75, 3.05) is 18.4 Å². The monoisotopic (exact) mass is 487 g/mol. The van der Waals surface area contributed by atoms with E-state index < -0.39 is 5.41 Å². The fourth-order valence-electron chi connectivity index (χ4n) is 3.75. The van der Waals surface area contributed by atoms with Crippen molar-refractivity contribution in [2.24, 2.45) is 17.1 Å². The standard InChI is InChI=1S/C24H30ClN5O4/c1-14-27-19(17-6-5-16(25)11-18(17)28-23(34)24(2,3)4)12-20(31)30(14)13-21(32)29-9-7-15(8-10-29)22(26)33/h5-6,11-12,15H,7-10,13H2,1-4H3,(H2,26,33)(H,28,34). The Hall–Kier alpha value is -3.20. The van der Waals surface area contributed by atoms with Crippen LogP contribution < -0.4 is 16.6 Å². The highest BCUT2D eigenvalue weighted by Gasteiger charge is 2.27. The van der Waals surface area contributed by atoms with Gasteiger partial charge in [-0.1, -0.05) is 32.4 Å². The number of amides is 3. The molecule has 1 aromatic heterocycles. The third-order valence-corrected chi connectivity index (χ3v) is 6.16. The molecule has 3 N–H and O–H groups in total. The normalized spacial score (nSPS) is 14.7. The quantitative estimate of drug-likeness (QED) is 0.670. The first-order chi connectivity index (χ1) is 15.9. The van der Waals surface area contributed by atoms with Crippen molar-refractivity contribution in [3.63, 3.8) is 0 Å². The van der Waals surface area contributed by atoms with Crippen LogP contribution in [0, 0.1) is 18.3 Å². The predicted molar refractivity (Wildman–Crippen MR) is 130 cm³/mol. The van der Waals surface area contributed by atoms with Gasteiger partial charge in [0.25, 0.3) is 5.56 Å². The Bertz CT molecular complexity index is 1180. The van der Waals surface area contributed by atoms with E-state index >= 15 is 0 Å². The van der Waals surface area contributed by atoms with Crippen molar-refractivity contribution in [2.45, 2.75) is 47.1 Å². The summed E-state index contributed by atoms with van der Waals surface area (Å²) < 4.78 is 1.31. The van der Waals surface area contributed by atoms with Gasteiger partial charge in [-0.2, -0.15) is 0 Å². The highest BCUT2D eigenvalue weighted by Crippen LogP contribution is 2.30. The number of nitrogens with zero attached hydrogens (tertiary/aromatic N) is 3. The number of halogens is 1. The molecule has 1 saturated heterocycles. The zero-order valence-electron chi connectivity index (χ0n) is 19.9. The number of carbonyl (C=O) groups is 3. The second kappa shape index (κ2) is 9.97. The van der Waals surface area contributed by atoms with E-state index in [9.17, 15) is 19.2 Å². The van der Waals surface area contributed by atoms with Gasteiger partial charge in [-0.05, 0) is 38.0 Å². The van der Waals surface area contributed by atoms with Crippen LogP contribution in [0.5, 0.6) is 0 Å². The summed E-state index contributed by atoms with van der Waals surface area (Å²) in [6.07, 6.45) is 1.04. The highest BCUT2D eigenvalue weighted by molar-refractivity contribution is 6.31. The molecule has 0 radical (unpaired) electrons. The second-order valence-electron chi connectivity index (χ2n) is 9.56. The predicted octanol–water partition coefficient (Wildman–Crippen LogP) is 2.58. The van der Waals surface area contributed by atoms with Gasteiger partial charge in [0.2, 0.25) is 17.7 Å². The molecule has 3 amide bonds. The lowest BCUT2D eigenvalue weighted by Gasteiger charge is -2.30. The number of nitrogens with two attached hydrogens (primary N) is 1. The molecule has 3 rings (SSSR count). The van der Waals surface area contributed by atoms with Gasteiger partial charge in [0, 0.05) is 41.1 Å². The van der Waals surface area contributed by atoms with Crippen LogP contribution in [0.2, 0.25) is 5.02 Å². The average Bonchev–Trinajstić information content (AvgIpc) is 2.75. The lowest BCUT2D eigenvalue weighted by atomic mass is 9.95. The Morgan fingerprint density at radius 2 is 1.82 bits per heavy atom. The maximum Gasteiger partial charge on any atom is 0.254 e. The van der Waals surface area contributed by atoms with Crippen molar-refractivity contribution in [3.8, 4) is 11.3 Å². The number of nitrogens with one attached hydrogen (secondary N) is 1. The highest BCUT2D eigenvalue weighted by atomic mass is 35.5. The minimum absolute atomic E-state index is 0.145. The number of hydrogen-bond donors (Lipinski definition) is 2. The molecule has 1 aliphatic rings. The Balaban J connectivity index is 1.84. The number of piperidine rings is 1. The van der Waals surface area contributed by atoms with Crippen molar-refractivity contribution in [1.29, 1.82) is 0 Å². The Morgan fingerprint density at radius 3 is 2.38 bits per heavy atom. The molecular weight excluding hydrogens is 458 g/mol. The molecule has 1 aliphatic heterocycles. The molecular formula is C24H30ClN5O4. The number of anilines is 1. The van der Waals surface area contributed by atoms with E-state index in [2.05, 4.69) is 10.3 Å². The van der Waals surface area contributed by atoms with E-state index in [0.717, 1.165) is 0 Å². The van der Waals surface area contributed by atoms with Crippen molar-refractivity contribution in [3.05, 3.63) is 45.5 Å². The number of hydrogen-bond acceptors (Lipinski definition) is 5. The molecule has 182 valence electrons. The molecule has 0 bridgehead atoms. The number of aryl methyl sites for hydroxylation is 1. The van der Waals surface area contributed by atoms with Gasteiger partial charge in [-0.15, -0.1) is 0 Å². The molecule has 0 saturated carbocycles. The molecule has 0 unspecified atom stereocenters. The summed E-state index contributed by atoms with van der Waals surface area (Å²) in [5, 5.41) is 3.30. The molecule has 10 heteroatoms. The SMILES string of the molecule is Cc1nc(-c2ccc(Cl)cc2NC(=O)C(C)(C)C)cc(=O)n1CC(=O)N1CCC(C(N)=O)CC1. The summed E-state index contributed by atoms with van der Waals surface area (Å²) in [6.45, 7) is 7.74. The molecule has 1 aromatic carbocycles. The van der Waals surface area contributed by atoms with Gasteiger partial charge in [0.1, 0.15) is 12.4 Å². The van der Waals surface area contributed by atoms with Gasteiger partial charge in [0.05, 0.1) is 11.4 Å². The largest absolute Gasteiger partial charge is 0.369 e. The third kappa shape index (κ3) is 5.83. The molecule has 34 heavy (non-hydrogen) atoms. The molecule has 9 nitrogen and oxygen atoms in total. The molecule has 0 spiro atoms. The first-order valence-corrected chi connectivity index (χ1v) is 11.5. The van der Waals surface area contributed by atoms with Gasteiger partial charge < -0.3 is 16.0 Å². The summed E-state index contributed by atoms with van der Waals surface area (Å²) in [4.78, 5) is 55.8. The van der Waals surface area contributed by atoms with Gasteiger partial charge >= 0.3 is 0 Å². The van der Waals surface area contributed by atoms with Crippen LogP contribution in [0.1, 0.15) is 39.4 Å². The van der Waals surface area contributed by atoms with Gasteiger partial charge in [-0.25, -0.2) is 4.98 Å². The zero-order chi connectivity index (χ0) is 25.2. The number of primary amides is 1. The summed E-state index contributed by atoms with van der Waals surface area (Å²) >= 11 is 6.14. The molecule has 2 heterocycles. The van der Waals surface area contributed by atoms with E-state index in [1.165, 1.54) is 10.6 Å². The van der Waals surface area contributed by atoms with Gasteiger partial charge in [-0.3, -0.25) is 23.7 Å².